The van der Waals surface area contributed by atoms with E-state index >= 15 is 0 Å². The molecule has 0 saturated carbocycles. The summed E-state index contributed by atoms with van der Waals surface area (Å²) in [6, 6.07) is 7.84. The summed E-state index contributed by atoms with van der Waals surface area (Å²) >= 11 is 7.02. The second-order valence-corrected chi connectivity index (χ2v) is 4.91. The largest absolute Gasteiger partial charge is 0.497 e. The van der Waals surface area contributed by atoms with Gasteiger partial charge >= 0.3 is 0 Å². The number of methoxy groups -OCH3 is 1. The second kappa shape index (κ2) is 4.97. The van der Waals surface area contributed by atoms with Crippen molar-refractivity contribution < 1.29 is 4.74 Å². The molecule has 0 aliphatic carbocycles. The van der Waals surface area contributed by atoms with Gasteiger partial charge in [-0.3, -0.25) is 4.98 Å². The lowest BCUT2D eigenvalue weighted by Crippen LogP contribution is -1.87. The molecule has 0 fully saturated rings. The lowest BCUT2D eigenvalue weighted by molar-refractivity contribution is 0.415. The van der Waals surface area contributed by atoms with Crippen LogP contribution in [0.5, 0.6) is 5.75 Å². The Morgan fingerprint density at radius 2 is 1.88 bits per heavy atom. The molecule has 2 aromatic rings. The molecule has 0 aliphatic heterocycles. The molecular weight excluding hydrogens is 334 g/mol. The van der Waals surface area contributed by atoms with Gasteiger partial charge in [0, 0.05) is 32.5 Å². The fourth-order valence-electron chi connectivity index (χ4n) is 1.43. The predicted molar refractivity (Wildman–Crippen MR) is 71.6 cm³/mol. The number of nitrogens with zero attached hydrogens (tertiary/aromatic N) is 1. The van der Waals surface area contributed by atoms with E-state index in [1.165, 1.54) is 0 Å². The molecule has 2 rings (SSSR count). The molecule has 4 heteroatoms. The molecule has 0 atom stereocenters. The molecule has 0 radical (unpaired) electrons. The van der Waals surface area contributed by atoms with Crippen molar-refractivity contribution in [3.8, 4) is 16.9 Å². The van der Waals surface area contributed by atoms with Gasteiger partial charge in [0.15, 0.2) is 0 Å². The second-order valence-electron chi connectivity index (χ2n) is 3.20. The highest BCUT2D eigenvalue weighted by atomic mass is 79.9. The zero-order valence-electron chi connectivity index (χ0n) is 8.58. The monoisotopic (exact) mass is 341 g/mol. The van der Waals surface area contributed by atoms with E-state index in [9.17, 15) is 0 Å². The predicted octanol–water partition coefficient (Wildman–Crippen LogP) is 4.28. The van der Waals surface area contributed by atoms with Crippen LogP contribution < -0.4 is 4.74 Å². The summed E-state index contributed by atoms with van der Waals surface area (Å²) < 4.78 is 7.21. The van der Waals surface area contributed by atoms with Crippen LogP contribution in [0.2, 0.25) is 0 Å². The van der Waals surface area contributed by atoms with Gasteiger partial charge in [-0.05, 0) is 40.2 Å². The van der Waals surface area contributed by atoms with Crippen molar-refractivity contribution in [3.05, 3.63) is 45.6 Å². The zero-order valence-corrected chi connectivity index (χ0v) is 11.7. The van der Waals surface area contributed by atoms with Crippen LogP contribution >= 0.6 is 31.9 Å². The number of aromatic nitrogens is 1. The van der Waals surface area contributed by atoms with Crippen molar-refractivity contribution in [1.29, 1.82) is 0 Å². The van der Waals surface area contributed by atoms with Crippen molar-refractivity contribution in [2.45, 2.75) is 0 Å². The number of halogens is 2. The maximum absolute atomic E-state index is 5.22. The summed E-state index contributed by atoms with van der Waals surface area (Å²) in [5.74, 6) is 0.835. The average Bonchev–Trinajstić information content (AvgIpc) is 2.31. The first-order valence-electron chi connectivity index (χ1n) is 4.66. The lowest BCUT2D eigenvalue weighted by Gasteiger charge is -2.08. The summed E-state index contributed by atoms with van der Waals surface area (Å²) in [5.41, 5.74) is 2.16. The van der Waals surface area contributed by atoms with Crippen LogP contribution in [-0.4, -0.2) is 12.1 Å². The summed E-state index contributed by atoms with van der Waals surface area (Å²) in [4.78, 5) is 4.05. The van der Waals surface area contributed by atoms with E-state index in [-0.39, 0.29) is 0 Å². The fraction of sp³-hybridized carbons (Fsp3) is 0.0833. The van der Waals surface area contributed by atoms with Crippen LogP contribution in [-0.2, 0) is 0 Å². The molecule has 0 aliphatic rings. The Morgan fingerprint density at radius 3 is 2.56 bits per heavy atom. The Kier molecular flexibility index (Phi) is 3.61. The van der Waals surface area contributed by atoms with Crippen LogP contribution in [0, 0.1) is 0 Å². The number of hydrogen-bond donors (Lipinski definition) is 0. The third kappa shape index (κ3) is 2.28. The molecule has 0 amide bonds. The average molecular weight is 343 g/mol. The van der Waals surface area contributed by atoms with Crippen molar-refractivity contribution in [3.63, 3.8) is 0 Å². The van der Waals surface area contributed by atoms with Crippen LogP contribution in [0.1, 0.15) is 0 Å². The number of pyridine rings is 1. The lowest BCUT2D eigenvalue weighted by atomic mass is 10.1. The third-order valence-electron chi connectivity index (χ3n) is 2.24. The zero-order chi connectivity index (χ0) is 11.5. The number of benzene rings is 1. The molecule has 1 aromatic heterocycles. The van der Waals surface area contributed by atoms with Crippen molar-refractivity contribution >= 4 is 31.9 Å². The topological polar surface area (TPSA) is 22.1 Å². The van der Waals surface area contributed by atoms with Crippen molar-refractivity contribution in [2.24, 2.45) is 0 Å². The van der Waals surface area contributed by atoms with Crippen LogP contribution in [0.15, 0.2) is 45.6 Å². The number of rotatable bonds is 2. The molecular formula is C12H9Br2NO. The molecule has 0 saturated heterocycles. The molecule has 16 heavy (non-hydrogen) atoms. The highest BCUT2D eigenvalue weighted by Gasteiger charge is 2.08. The van der Waals surface area contributed by atoms with E-state index in [0.29, 0.717) is 0 Å². The third-order valence-corrected chi connectivity index (χ3v) is 3.56. The minimum Gasteiger partial charge on any atom is -0.497 e. The molecule has 0 spiro atoms. The smallest absolute Gasteiger partial charge is 0.119 e. The first kappa shape index (κ1) is 11.6. The minimum atomic E-state index is 0.835. The van der Waals surface area contributed by atoms with Gasteiger partial charge in [0.2, 0.25) is 0 Å². The Morgan fingerprint density at radius 1 is 1.06 bits per heavy atom. The van der Waals surface area contributed by atoms with Gasteiger partial charge < -0.3 is 4.74 Å². The van der Waals surface area contributed by atoms with Crippen molar-refractivity contribution in [1.82, 2.24) is 4.98 Å². The Bertz CT molecular complexity index is 514. The molecule has 2 nitrogen and oxygen atoms in total. The summed E-state index contributed by atoms with van der Waals surface area (Å²) in [5, 5.41) is 0. The molecule has 0 unspecified atom stereocenters. The number of hydrogen-bond acceptors (Lipinski definition) is 2. The highest BCUT2D eigenvalue weighted by Crippen LogP contribution is 2.35. The Balaban J connectivity index is 2.59. The van der Waals surface area contributed by atoms with E-state index in [1.54, 1.807) is 19.5 Å². The first-order chi connectivity index (χ1) is 7.72. The van der Waals surface area contributed by atoms with Crippen LogP contribution in [0.4, 0.5) is 0 Å². The quantitative estimate of drug-likeness (QED) is 0.812. The van der Waals surface area contributed by atoms with Gasteiger partial charge in [0.05, 0.1) is 7.11 Å². The summed E-state index contributed by atoms with van der Waals surface area (Å²) in [7, 11) is 1.66. The number of ether oxygens (including phenoxy) is 1. The van der Waals surface area contributed by atoms with E-state index in [1.807, 2.05) is 24.3 Å². The summed E-state index contributed by atoms with van der Waals surface area (Å²) in [6.45, 7) is 0. The SMILES string of the molecule is COc1ccc(Br)c(-c2ccncc2Br)c1. The maximum atomic E-state index is 5.22. The highest BCUT2D eigenvalue weighted by molar-refractivity contribution is 9.11. The fourth-order valence-corrected chi connectivity index (χ4v) is 2.36. The van der Waals surface area contributed by atoms with Gasteiger partial charge in [-0.15, -0.1) is 0 Å². The van der Waals surface area contributed by atoms with E-state index in [0.717, 1.165) is 25.8 Å². The van der Waals surface area contributed by atoms with Gasteiger partial charge in [-0.25, -0.2) is 0 Å². The van der Waals surface area contributed by atoms with Crippen molar-refractivity contribution in [2.75, 3.05) is 7.11 Å². The van der Waals surface area contributed by atoms with Gasteiger partial charge in [0.1, 0.15) is 5.75 Å². The molecule has 82 valence electrons. The van der Waals surface area contributed by atoms with E-state index in [4.69, 9.17) is 4.74 Å². The van der Waals surface area contributed by atoms with Crippen LogP contribution in [0.25, 0.3) is 11.1 Å². The minimum absolute atomic E-state index is 0.835. The van der Waals surface area contributed by atoms with E-state index < -0.39 is 0 Å². The van der Waals surface area contributed by atoms with Crippen LogP contribution in [0.3, 0.4) is 0 Å². The normalized spacial score (nSPS) is 10.2. The maximum Gasteiger partial charge on any atom is 0.119 e. The summed E-state index contributed by atoms with van der Waals surface area (Å²) in [6.07, 6.45) is 3.55. The van der Waals surface area contributed by atoms with Gasteiger partial charge in [-0.2, -0.15) is 0 Å². The van der Waals surface area contributed by atoms with E-state index in [2.05, 4.69) is 36.8 Å². The Labute approximate surface area is 111 Å². The molecule has 0 bridgehead atoms. The standard InChI is InChI=1S/C12H9Br2NO/c1-16-8-2-3-11(13)10(6-8)9-4-5-15-7-12(9)14/h2-7H,1H3. The van der Waals surface area contributed by atoms with Gasteiger partial charge in [0.25, 0.3) is 0 Å². The molecule has 1 aromatic carbocycles. The Hall–Kier alpha value is -0.870. The molecule has 1 heterocycles. The first-order valence-corrected chi connectivity index (χ1v) is 6.24. The molecule has 0 N–H and O–H groups in total. The van der Waals surface area contributed by atoms with Gasteiger partial charge in [-0.1, -0.05) is 15.9 Å².